The number of halogens is 2. The second-order valence-electron chi connectivity index (χ2n) is 7.63. The average Bonchev–Trinajstić information content (AvgIpc) is 3.06. The van der Waals surface area contributed by atoms with Crippen molar-refractivity contribution in [3.8, 4) is 0 Å². The van der Waals surface area contributed by atoms with Crippen molar-refractivity contribution in [2.75, 3.05) is 0 Å². The van der Waals surface area contributed by atoms with E-state index in [4.69, 9.17) is 23.6 Å². The van der Waals surface area contributed by atoms with Crippen LogP contribution in [0.1, 0.15) is 25.7 Å². The van der Waals surface area contributed by atoms with Gasteiger partial charge in [-0.3, -0.25) is 0 Å². The fourth-order valence-corrected chi connectivity index (χ4v) is 8.66. The first kappa shape index (κ1) is 10.3. The summed E-state index contributed by atoms with van der Waals surface area (Å²) >= 11 is 13.6. The number of hydrogen-bond donors (Lipinski definition) is 0. The average molecular weight is 285 g/mol. The summed E-state index contributed by atoms with van der Waals surface area (Å²) in [6.45, 7) is 0. The van der Waals surface area contributed by atoms with Crippen molar-refractivity contribution < 1.29 is 0 Å². The smallest absolute Gasteiger partial charge is 0.0458 e. The van der Waals surface area contributed by atoms with Crippen molar-refractivity contribution in [3.63, 3.8) is 0 Å². The molecule has 0 N–H and O–H groups in total. The van der Waals surface area contributed by atoms with E-state index in [0.717, 1.165) is 35.5 Å². The van der Waals surface area contributed by atoms with Gasteiger partial charge in [-0.1, -0.05) is 6.42 Å². The van der Waals surface area contributed by atoms with Crippen molar-refractivity contribution >= 4 is 23.6 Å². The Labute approximate surface area is 118 Å². The third-order valence-corrected chi connectivity index (χ3v) is 8.54. The standard InChI is InChI=1S/C14H18Cl2N2/c15-17-11-5-2-1-3-6(5)12-10-8-4-7(9(10)11)13(17)14(8)18(12)16/h5-14H,1-4H2. The monoisotopic (exact) mass is 284 g/mol. The molecule has 6 fully saturated rings. The number of hydrogen-bond acceptors (Lipinski definition) is 2. The minimum atomic E-state index is 0.576. The second kappa shape index (κ2) is 2.90. The van der Waals surface area contributed by atoms with E-state index in [-0.39, 0.29) is 0 Å². The summed E-state index contributed by atoms with van der Waals surface area (Å²) in [6.07, 6.45) is 5.63. The molecule has 2 heterocycles. The lowest BCUT2D eigenvalue weighted by atomic mass is 9.63. The highest BCUT2D eigenvalue weighted by Gasteiger charge is 2.78. The fraction of sp³-hybridized carbons (Fsp3) is 1.00. The summed E-state index contributed by atoms with van der Waals surface area (Å²) in [7, 11) is 0. The van der Waals surface area contributed by atoms with Crippen molar-refractivity contribution in [3.05, 3.63) is 0 Å². The van der Waals surface area contributed by atoms with Crippen molar-refractivity contribution in [2.45, 2.75) is 49.9 Å². The number of rotatable bonds is 0. The Morgan fingerprint density at radius 2 is 1.17 bits per heavy atom. The van der Waals surface area contributed by atoms with Gasteiger partial charge in [-0.25, -0.2) is 8.84 Å². The topological polar surface area (TPSA) is 6.48 Å². The first-order valence-corrected chi connectivity index (χ1v) is 8.35. The van der Waals surface area contributed by atoms with Crippen LogP contribution in [0.4, 0.5) is 0 Å². The Bertz CT molecular complexity index is 406. The maximum atomic E-state index is 6.80. The Morgan fingerprint density at radius 3 is 1.67 bits per heavy atom. The summed E-state index contributed by atoms with van der Waals surface area (Å²) in [4.78, 5) is 0. The number of fused-ring (bicyclic) bond motifs is 4. The maximum Gasteiger partial charge on any atom is 0.0458 e. The highest BCUT2D eigenvalue weighted by atomic mass is 35.5. The Balaban J connectivity index is 1.62. The molecule has 0 aromatic rings. The van der Waals surface area contributed by atoms with E-state index in [2.05, 4.69) is 8.84 Å². The van der Waals surface area contributed by atoms with E-state index in [0.29, 0.717) is 24.2 Å². The summed E-state index contributed by atoms with van der Waals surface area (Å²) in [5, 5.41) is 0. The zero-order valence-electron chi connectivity index (χ0n) is 10.3. The van der Waals surface area contributed by atoms with E-state index >= 15 is 0 Å². The molecule has 10 unspecified atom stereocenters. The summed E-state index contributed by atoms with van der Waals surface area (Å²) in [5.74, 6) is 5.23. The van der Waals surface area contributed by atoms with E-state index in [9.17, 15) is 0 Å². The van der Waals surface area contributed by atoms with Gasteiger partial charge in [0.25, 0.3) is 0 Å². The Morgan fingerprint density at radius 1 is 0.667 bits per heavy atom. The molecule has 6 aliphatic rings. The Hall–Kier alpha value is 0.500. The van der Waals surface area contributed by atoms with Gasteiger partial charge < -0.3 is 0 Å². The second-order valence-corrected chi connectivity index (χ2v) is 8.41. The van der Waals surface area contributed by atoms with Gasteiger partial charge in [0.2, 0.25) is 0 Å². The van der Waals surface area contributed by atoms with E-state index in [1.807, 2.05) is 0 Å². The van der Waals surface area contributed by atoms with E-state index < -0.39 is 0 Å². The molecule has 98 valence electrons. The molecule has 0 radical (unpaired) electrons. The molecule has 0 amide bonds. The van der Waals surface area contributed by atoms with E-state index in [1.165, 1.54) is 25.7 Å². The molecule has 2 saturated heterocycles. The van der Waals surface area contributed by atoms with Crippen LogP contribution in [0.3, 0.4) is 0 Å². The van der Waals surface area contributed by atoms with Gasteiger partial charge >= 0.3 is 0 Å². The molecule has 2 aliphatic heterocycles. The minimum Gasteiger partial charge on any atom is -0.212 e. The number of nitrogens with zero attached hydrogens (tertiary/aromatic N) is 2. The largest absolute Gasteiger partial charge is 0.212 e. The lowest BCUT2D eigenvalue weighted by Crippen LogP contribution is -2.55. The van der Waals surface area contributed by atoms with Crippen LogP contribution in [0.2, 0.25) is 0 Å². The van der Waals surface area contributed by atoms with Crippen molar-refractivity contribution in [1.29, 1.82) is 0 Å². The van der Waals surface area contributed by atoms with Crippen LogP contribution in [-0.2, 0) is 0 Å². The third-order valence-electron chi connectivity index (χ3n) is 7.63. The van der Waals surface area contributed by atoms with Gasteiger partial charge in [-0.2, -0.15) is 0 Å². The predicted octanol–water partition coefficient (Wildman–Crippen LogP) is 2.71. The molecule has 4 aliphatic carbocycles. The molecule has 18 heavy (non-hydrogen) atoms. The molecule has 0 spiro atoms. The first-order valence-electron chi connectivity index (χ1n) is 7.67. The van der Waals surface area contributed by atoms with Crippen molar-refractivity contribution in [1.82, 2.24) is 8.84 Å². The van der Waals surface area contributed by atoms with Gasteiger partial charge in [-0.15, -0.1) is 0 Å². The maximum absolute atomic E-state index is 6.80. The molecule has 4 heteroatoms. The molecule has 0 aromatic carbocycles. The summed E-state index contributed by atoms with van der Waals surface area (Å²) in [6, 6.07) is 2.56. The van der Waals surface area contributed by atoms with Gasteiger partial charge in [-0.05, 0) is 78.3 Å². The molecular weight excluding hydrogens is 267 g/mol. The van der Waals surface area contributed by atoms with Crippen LogP contribution in [0, 0.1) is 35.5 Å². The van der Waals surface area contributed by atoms with Crippen LogP contribution in [0.5, 0.6) is 0 Å². The van der Waals surface area contributed by atoms with E-state index in [1.54, 1.807) is 0 Å². The molecule has 0 aromatic heterocycles. The lowest BCUT2D eigenvalue weighted by molar-refractivity contribution is 0.0324. The molecule has 10 atom stereocenters. The van der Waals surface area contributed by atoms with Gasteiger partial charge in [0, 0.05) is 24.2 Å². The molecule has 6 rings (SSSR count). The molecule has 2 nitrogen and oxygen atoms in total. The molecule has 2 bridgehead atoms. The SMILES string of the molecule is ClN1C2C3CCCC3C3C4C5CC(C42)C1C5N3Cl. The fourth-order valence-electron chi connectivity index (χ4n) is 7.59. The van der Waals surface area contributed by atoms with Crippen molar-refractivity contribution in [2.24, 2.45) is 35.5 Å². The summed E-state index contributed by atoms with van der Waals surface area (Å²) < 4.78 is 4.54. The lowest BCUT2D eigenvalue weighted by Gasteiger charge is -2.47. The summed E-state index contributed by atoms with van der Waals surface area (Å²) in [5.41, 5.74) is 0. The minimum absolute atomic E-state index is 0.576. The van der Waals surface area contributed by atoms with Gasteiger partial charge in [0.1, 0.15) is 0 Å². The van der Waals surface area contributed by atoms with Gasteiger partial charge in [0.15, 0.2) is 0 Å². The highest BCUT2D eigenvalue weighted by Crippen LogP contribution is 2.73. The normalized spacial score (nSPS) is 71.7. The third kappa shape index (κ3) is 0.798. The van der Waals surface area contributed by atoms with Crippen LogP contribution in [0.25, 0.3) is 0 Å². The zero-order valence-corrected chi connectivity index (χ0v) is 11.8. The van der Waals surface area contributed by atoms with Crippen LogP contribution in [0.15, 0.2) is 0 Å². The van der Waals surface area contributed by atoms with Crippen LogP contribution in [-0.4, -0.2) is 33.0 Å². The highest BCUT2D eigenvalue weighted by molar-refractivity contribution is 6.15. The molecule has 4 saturated carbocycles. The quantitative estimate of drug-likeness (QED) is 0.631. The van der Waals surface area contributed by atoms with Crippen LogP contribution < -0.4 is 0 Å². The zero-order chi connectivity index (χ0) is 11.8. The Kier molecular flexibility index (Phi) is 1.66. The van der Waals surface area contributed by atoms with Crippen LogP contribution >= 0.6 is 23.6 Å². The first-order chi connectivity index (χ1) is 8.79. The molecular formula is C14H18Cl2N2. The predicted molar refractivity (Wildman–Crippen MR) is 69.9 cm³/mol. The van der Waals surface area contributed by atoms with Gasteiger partial charge in [0.05, 0.1) is 0 Å².